The Morgan fingerprint density at radius 2 is 2.08 bits per heavy atom. The minimum absolute atomic E-state index is 0.0256. The highest BCUT2D eigenvalue weighted by Gasteiger charge is 2.60. The topological polar surface area (TPSA) is 70.7 Å². The number of para-hydroxylation sites is 1. The largest absolute Gasteiger partial charge is 0.362 e. The first kappa shape index (κ1) is 16.4. The van der Waals surface area contributed by atoms with Crippen LogP contribution in [0.3, 0.4) is 0 Å². The Morgan fingerprint density at radius 3 is 2.80 bits per heavy atom. The maximum absolute atomic E-state index is 12.8. The van der Waals surface area contributed by atoms with E-state index < -0.39 is 5.66 Å². The molecule has 3 saturated carbocycles. The van der Waals surface area contributed by atoms with E-state index in [4.69, 9.17) is 4.84 Å². The summed E-state index contributed by atoms with van der Waals surface area (Å²) in [5.74, 6) is 0.165. The van der Waals surface area contributed by atoms with Gasteiger partial charge in [-0.25, -0.2) is 5.06 Å². The van der Waals surface area contributed by atoms with Gasteiger partial charge in [0.25, 0.3) is 5.91 Å². The molecule has 4 aliphatic rings. The second-order valence-corrected chi connectivity index (χ2v) is 7.97. The fraction of sp³-hybridized carbons (Fsp3) is 0.579. The number of anilines is 1. The van der Waals surface area contributed by atoms with E-state index in [0.29, 0.717) is 5.56 Å². The second kappa shape index (κ2) is 5.46. The van der Waals surface area contributed by atoms with Crippen molar-refractivity contribution >= 4 is 17.5 Å². The number of benzene rings is 1. The predicted molar refractivity (Wildman–Crippen MR) is 93.6 cm³/mol. The van der Waals surface area contributed by atoms with Crippen molar-refractivity contribution in [3.8, 4) is 0 Å². The van der Waals surface area contributed by atoms with Gasteiger partial charge < -0.3 is 10.6 Å². The molecule has 6 nitrogen and oxygen atoms in total. The number of nitrogens with one attached hydrogen (secondary N) is 2. The normalized spacial score (nSPS) is 35.7. The average Bonchev–Trinajstić information content (AvgIpc) is 2.60. The van der Waals surface area contributed by atoms with E-state index in [1.165, 1.54) is 12.2 Å². The molecule has 0 unspecified atom stereocenters. The number of amides is 2. The third-order valence-electron chi connectivity index (χ3n) is 6.55. The Morgan fingerprint density at radius 1 is 1.32 bits per heavy atom. The lowest BCUT2D eigenvalue weighted by molar-refractivity contribution is -0.186. The third-order valence-corrected chi connectivity index (χ3v) is 6.55. The minimum Gasteiger partial charge on any atom is -0.362 e. The van der Waals surface area contributed by atoms with E-state index in [2.05, 4.69) is 17.6 Å². The molecule has 2 amide bonds. The van der Waals surface area contributed by atoms with E-state index in [1.54, 1.807) is 7.05 Å². The molecule has 2 N–H and O–H groups in total. The molecule has 0 radical (unpaired) electrons. The molecule has 3 aliphatic carbocycles. The van der Waals surface area contributed by atoms with Crippen LogP contribution in [0, 0.1) is 17.3 Å². The Balaban J connectivity index is 1.66. The van der Waals surface area contributed by atoms with Crippen LogP contribution in [0.15, 0.2) is 24.3 Å². The van der Waals surface area contributed by atoms with Crippen LogP contribution in [-0.2, 0) is 9.63 Å². The van der Waals surface area contributed by atoms with Crippen LogP contribution < -0.4 is 10.6 Å². The minimum atomic E-state index is -0.457. The fourth-order valence-electron chi connectivity index (χ4n) is 5.14. The summed E-state index contributed by atoms with van der Waals surface area (Å²) < 4.78 is 0. The van der Waals surface area contributed by atoms with Crippen LogP contribution in [0.5, 0.6) is 0 Å². The van der Waals surface area contributed by atoms with E-state index in [-0.39, 0.29) is 29.1 Å². The molecule has 2 bridgehead atoms. The number of fused-ring (bicyclic) bond motifs is 3. The van der Waals surface area contributed by atoms with Crippen molar-refractivity contribution in [1.82, 2.24) is 10.4 Å². The summed E-state index contributed by atoms with van der Waals surface area (Å²) in [6.07, 6.45) is 3.51. The standard InChI is InChI=1S/C19H25N3O3/c1-18-9-8-12(10-14(18)17(24)22(2)25-3)19(11-18)20-15-7-5-4-6-13(15)16(23)21-19/h4-7,12,14,20H,8-11H2,1-3H3,(H,21,23)/t12-,14+,18+,19-/m0/s1. The van der Waals surface area contributed by atoms with Crippen LogP contribution in [0.2, 0.25) is 0 Å². The molecule has 1 aromatic carbocycles. The van der Waals surface area contributed by atoms with Crippen molar-refractivity contribution < 1.29 is 14.4 Å². The quantitative estimate of drug-likeness (QED) is 0.809. The van der Waals surface area contributed by atoms with Gasteiger partial charge in [0.2, 0.25) is 5.91 Å². The second-order valence-electron chi connectivity index (χ2n) is 7.97. The molecule has 1 spiro atoms. The molecular weight excluding hydrogens is 318 g/mol. The number of carbonyl (C=O) groups is 2. The Bertz CT molecular complexity index is 736. The average molecular weight is 343 g/mol. The van der Waals surface area contributed by atoms with Crippen molar-refractivity contribution in [3.63, 3.8) is 0 Å². The number of hydrogen-bond donors (Lipinski definition) is 2. The van der Waals surface area contributed by atoms with Crippen molar-refractivity contribution in [3.05, 3.63) is 29.8 Å². The summed E-state index contributed by atoms with van der Waals surface area (Å²) in [6, 6.07) is 7.62. The van der Waals surface area contributed by atoms with Crippen LogP contribution in [0.4, 0.5) is 5.69 Å². The molecule has 0 saturated heterocycles. The van der Waals surface area contributed by atoms with Crippen molar-refractivity contribution in [2.75, 3.05) is 19.5 Å². The van der Waals surface area contributed by atoms with Gasteiger partial charge in [-0.15, -0.1) is 0 Å². The lowest BCUT2D eigenvalue weighted by Gasteiger charge is -2.61. The van der Waals surface area contributed by atoms with Gasteiger partial charge >= 0.3 is 0 Å². The molecular formula is C19H25N3O3. The number of hydroxylamine groups is 2. The van der Waals surface area contributed by atoms with Crippen molar-refractivity contribution in [1.29, 1.82) is 0 Å². The van der Waals surface area contributed by atoms with Crippen LogP contribution >= 0.6 is 0 Å². The molecule has 4 atom stereocenters. The lowest BCUT2D eigenvalue weighted by atomic mass is 9.51. The molecule has 6 heteroatoms. The first-order chi connectivity index (χ1) is 11.9. The predicted octanol–water partition coefficient (Wildman–Crippen LogP) is 2.38. The first-order valence-corrected chi connectivity index (χ1v) is 8.90. The molecule has 5 rings (SSSR count). The fourth-order valence-corrected chi connectivity index (χ4v) is 5.14. The molecule has 0 aromatic heterocycles. The molecule has 1 heterocycles. The van der Waals surface area contributed by atoms with Gasteiger partial charge in [0, 0.05) is 24.6 Å². The summed E-state index contributed by atoms with van der Waals surface area (Å²) in [5.41, 5.74) is 0.956. The summed E-state index contributed by atoms with van der Waals surface area (Å²) in [7, 11) is 3.18. The van der Waals surface area contributed by atoms with Gasteiger partial charge in [0.15, 0.2) is 0 Å². The number of rotatable bonds is 2. The van der Waals surface area contributed by atoms with E-state index >= 15 is 0 Å². The van der Waals surface area contributed by atoms with Gasteiger partial charge in [-0.1, -0.05) is 19.1 Å². The Hall–Kier alpha value is -2.08. The molecule has 134 valence electrons. The highest BCUT2D eigenvalue weighted by Crippen LogP contribution is 2.58. The van der Waals surface area contributed by atoms with Gasteiger partial charge in [-0.05, 0) is 43.2 Å². The zero-order chi connectivity index (χ0) is 17.8. The summed E-state index contributed by atoms with van der Waals surface area (Å²) in [6.45, 7) is 2.17. The highest BCUT2D eigenvalue weighted by molar-refractivity contribution is 6.02. The smallest absolute Gasteiger partial charge is 0.255 e. The zero-order valence-corrected chi connectivity index (χ0v) is 15.0. The summed E-state index contributed by atoms with van der Waals surface area (Å²) in [5, 5.41) is 8.19. The summed E-state index contributed by atoms with van der Waals surface area (Å²) >= 11 is 0. The Kier molecular flexibility index (Phi) is 3.58. The molecule has 1 aromatic rings. The van der Waals surface area contributed by atoms with Crippen LogP contribution in [-0.4, -0.2) is 36.7 Å². The first-order valence-electron chi connectivity index (χ1n) is 8.90. The van der Waals surface area contributed by atoms with Crippen LogP contribution in [0.1, 0.15) is 43.0 Å². The number of nitrogens with zero attached hydrogens (tertiary/aromatic N) is 1. The van der Waals surface area contributed by atoms with Gasteiger partial charge in [-0.2, -0.15) is 0 Å². The number of hydrogen-bond acceptors (Lipinski definition) is 4. The van der Waals surface area contributed by atoms with Crippen molar-refractivity contribution in [2.45, 2.75) is 38.3 Å². The van der Waals surface area contributed by atoms with Gasteiger partial charge in [0.05, 0.1) is 12.7 Å². The maximum Gasteiger partial charge on any atom is 0.255 e. The monoisotopic (exact) mass is 343 g/mol. The van der Waals surface area contributed by atoms with Crippen molar-refractivity contribution in [2.24, 2.45) is 17.3 Å². The Labute approximate surface area is 147 Å². The molecule has 1 aliphatic heterocycles. The molecule has 25 heavy (non-hydrogen) atoms. The van der Waals surface area contributed by atoms with Gasteiger partial charge in [-0.3, -0.25) is 14.4 Å². The maximum atomic E-state index is 12.8. The lowest BCUT2D eigenvalue weighted by Crippen LogP contribution is -2.70. The third kappa shape index (κ3) is 2.34. The zero-order valence-electron chi connectivity index (χ0n) is 15.0. The van der Waals surface area contributed by atoms with E-state index in [1.807, 2.05) is 24.3 Å². The number of carbonyl (C=O) groups excluding carboxylic acids is 2. The highest BCUT2D eigenvalue weighted by atomic mass is 16.7. The van der Waals surface area contributed by atoms with E-state index in [0.717, 1.165) is 31.4 Å². The van der Waals surface area contributed by atoms with Gasteiger partial charge in [0.1, 0.15) is 5.66 Å². The van der Waals surface area contributed by atoms with E-state index in [9.17, 15) is 9.59 Å². The summed E-state index contributed by atoms with van der Waals surface area (Å²) in [4.78, 5) is 30.5. The SMILES string of the molecule is CON(C)C(=O)[C@H]1C[C@@H]2CC[C@]1(C)C[C@]21NC(=O)c2ccccc2N1. The van der Waals surface area contributed by atoms with Crippen LogP contribution in [0.25, 0.3) is 0 Å². The molecule has 3 fully saturated rings.